The fourth-order valence-corrected chi connectivity index (χ4v) is 12.2. The van der Waals surface area contributed by atoms with Crippen LogP contribution in [0.25, 0.3) is 49.8 Å². The Bertz CT molecular complexity index is 2850. The van der Waals surface area contributed by atoms with Gasteiger partial charge in [-0.2, -0.15) is 0 Å². The molecule has 3 aliphatic rings. The first-order valence-corrected chi connectivity index (χ1v) is 25.7. The van der Waals surface area contributed by atoms with Crippen molar-refractivity contribution >= 4 is 39.2 Å². The predicted molar refractivity (Wildman–Crippen MR) is 282 cm³/mol. The van der Waals surface area contributed by atoms with E-state index in [1.54, 1.807) is 0 Å². The van der Waals surface area contributed by atoms with Gasteiger partial charge in [-0.15, -0.1) is 0 Å². The molecule has 7 aromatic rings. The molecule has 3 heteroatoms. The predicted octanol–water partition coefficient (Wildman–Crippen LogP) is 17.6. The number of hydrogen-bond acceptors (Lipinski definition) is 2. The largest absolute Gasteiger partial charge is 0.278 e. The Morgan fingerprint density at radius 3 is 1.30 bits per heavy atom. The summed E-state index contributed by atoms with van der Waals surface area (Å²) in [5.41, 5.74) is 21.3. The fourth-order valence-electron chi connectivity index (χ4n) is 12.2. The SMILES string of the molecule is CCCCCC1(CCCCC)c2ccccc2-c2cc3c4cc5c(cc4n(C4=NC(c6ccccc6)=C=CC(c6ccccc6)=N4)c3cc21)C(CCCCC)(CCCCC)c1ccccc1-5. The summed E-state index contributed by atoms with van der Waals surface area (Å²) in [4.78, 5) is 11.2. The molecule has 2 heterocycles. The van der Waals surface area contributed by atoms with Crippen molar-refractivity contribution < 1.29 is 0 Å². The van der Waals surface area contributed by atoms with E-state index >= 15 is 0 Å². The van der Waals surface area contributed by atoms with Crippen LogP contribution in [0.15, 0.2) is 155 Å². The molecule has 0 atom stereocenters. The molecule has 0 fully saturated rings. The van der Waals surface area contributed by atoms with Crippen LogP contribution in [0, 0.1) is 0 Å². The number of benzene rings is 6. The van der Waals surface area contributed by atoms with Gasteiger partial charge in [0.2, 0.25) is 5.96 Å². The van der Waals surface area contributed by atoms with Crippen LogP contribution in [0.3, 0.4) is 0 Å². The highest BCUT2D eigenvalue weighted by Crippen LogP contribution is 2.58. The lowest BCUT2D eigenvalue weighted by molar-refractivity contribution is 0.405. The quantitative estimate of drug-likeness (QED) is 0.0608. The number of rotatable bonds is 18. The van der Waals surface area contributed by atoms with Crippen LogP contribution < -0.4 is 0 Å². The molecule has 10 rings (SSSR count). The number of aromatic nitrogens is 1. The average molecular weight is 866 g/mol. The van der Waals surface area contributed by atoms with Gasteiger partial charge in [-0.3, -0.25) is 4.57 Å². The lowest BCUT2D eigenvalue weighted by Gasteiger charge is -2.33. The molecule has 66 heavy (non-hydrogen) atoms. The van der Waals surface area contributed by atoms with E-state index in [9.17, 15) is 0 Å². The summed E-state index contributed by atoms with van der Waals surface area (Å²) < 4.78 is 2.47. The maximum absolute atomic E-state index is 5.64. The molecule has 0 radical (unpaired) electrons. The number of nitrogens with zero attached hydrogens (tertiary/aromatic N) is 3. The van der Waals surface area contributed by atoms with Crippen molar-refractivity contribution in [1.29, 1.82) is 0 Å². The van der Waals surface area contributed by atoms with E-state index in [1.807, 2.05) is 6.08 Å². The first-order valence-electron chi connectivity index (χ1n) is 25.7. The Morgan fingerprint density at radius 2 is 0.848 bits per heavy atom. The summed E-state index contributed by atoms with van der Waals surface area (Å²) >= 11 is 0. The smallest absolute Gasteiger partial charge is 0.236 e. The Hall–Kier alpha value is -6.02. The summed E-state index contributed by atoms with van der Waals surface area (Å²) in [5, 5.41) is 2.54. The first kappa shape index (κ1) is 43.9. The van der Waals surface area contributed by atoms with Crippen molar-refractivity contribution in [1.82, 2.24) is 4.57 Å². The first-order chi connectivity index (χ1) is 32.5. The molecule has 0 amide bonds. The lowest BCUT2D eigenvalue weighted by Crippen LogP contribution is -2.26. The molecule has 0 unspecified atom stereocenters. The lowest BCUT2D eigenvalue weighted by atomic mass is 9.70. The standard InChI is InChI=1S/C63H67N3/c1-5-9-23-37-62(38-24-10-6-2)53-33-21-19-31-47(53)49-41-51-52-42-50-48-32-20-22-34-54(48)63(39-25-11-7-3,40-26-12-8-4)56(50)44-60(52)66(59(51)43-55(49)62)61-64-57(45-27-15-13-16-28-45)35-36-58(65-61)46-29-17-14-18-30-46/h13-22,27-35,41-44H,5-12,23-26,37-40H2,1-4H3. The molecule has 1 aromatic heterocycles. The molecule has 0 spiro atoms. The van der Waals surface area contributed by atoms with Gasteiger partial charge in [0, 0.05) is 38.8 Å². The molecule has 0 N–H and O–H groups in total. The molecular weight excluding hydrogens is 799 g/mol. The molecular formula is C63H67N3. The minimum absolute atomic E-state index is 0.0550. The van der Waals surface area contributed by atoms with Gasteiger partial charge in [0.1, 0.15) is 5.70 Å². The number of unbranched alkanes of at least 4 members (excludes halogenated alkanes) is 8. The summed E-state index contributed by atoms with van der Waals surface area (Å²) in [6, 6.07) is 50.4. The fraction of sp³-hybridized carbons (Fsp3) is 0.349. The van der Waals surface area contributed by atoms with E-state index in [0.717, 1.165) is 48.2 Å². The van der Waals surface area contributed by atoms with Gasteiger partial charge in [-0.1, -0.05) is 220 Å². The van der Waals surface area contributed by atoms with Crippen molar-refractivity contribution in [3.05, 3.63) is 179 Å². The van der Waals surface area contributed by atoms with E-state index in [2.05, 4.69) is 171 Å². The van der Waals surface area contributed by atoms with Crippen LogP contribution in [0.4, 0.5) is 0 Å². The molecule has 3 nitrogen and oxygen atoms in total. The minimum Gasteiger partial charge on any atom is -0.278 e. The summed E-state index contributed by atoms with van der Waals surface area (Å²) in [6.07, 6.45) is 21.4. The van der Waals surface area contributed by atoms with E-state index in [0.29, 0.717) is 5.96 Å². The summed E-state index contributed by atoms with van der Waals surface area (Å²) in [7, 11) is 0. The zero-order valence-corrected chi connectivity index (χ0v) is 39.9. The maximum atomic E-state index is 5.64. The highest BCUT2D eigenvalue weighted by Gasteiger charge is 2.45. The third-order valence-corrected chi connectivity index (χ3v) is 15.5. The van der Waals surface area contributed by atoms with Crippen molar-refractivity contribution in [3.8, 4) is 22.3 Å². The normalized spacial score (nSPS) is 15.2. The Balaban J connectivity index is 1.31. The second kappa shape index (κ2) is 19.1. The van der Waals surface area contributed by atoms with Crippen molar-refractivity contribution in [3.63, 3.8) is 0 Å². The van der Waals surface area contributed by atoms with Gasteiger partial charge in [0.15, 0.2) is 0 Å². The number of fused-ring (bicyclic) bond motifs is 9. The van der Waals surface area contributed by atoms with Gasteiger partial charge >= 0.3 is 0 Å². The Kier molecular flexibility index (Phi) is 12.7. The average Bonchev–Trinajstić information content (AvgIpc) is 3.83. The van der Waals surface area contributed by atoms with Crippen LogP contribution in [-0.4, -0.2) is 16.2 Å². The van der Waals surface area contributed by atoms with Crippen molar-refractivity contribution in [2.45, 2.75) is 141 Å². The van der Waals surface area contributed by atoms with Crippen LogP contribution in [-0.2, 0) is 10.8 Å². The molecule has 0 bridgehead atoms. The molecule has 6 aromatic carbocycles. The number of hydrogen-bond donors (Lipinski definition) is 0. The molecule has 0 saturated carbocycles. The number of allylic oxidation sites excluding steroid dienone is 1. The molecule has 1 aliphatic heterocycles. The van der Waals surface area contributed by atoms with Gasteiger partial charge in [-0.05, 0) is 94.5 Å². The van der Waals surface area contributed by atoms with Crippen LogP contribution in [0.2, 0.25) is 0 Å². The monoisotopic (exact) mass is 866 g/mol. The Morgan fingerprint density at radius 1 is 0.424 bits per heavy atom. The van der Waals surface area contributed by atoms with Gasteiger partial charge in [0.05, 0.1) is 16.7 Å². The van der Waals surface area contributed by atoms with Crippen molar-refractivity contribution in [2.24, 2.45) is 9.98 Å². The maximum Gasteiger partial charge on any atom is 0.236 e. The second-order valence-electron chi connectivity index (χ2n) is 19.5. The van der Waals surface area contributed by atoms with Gasteiger partial charge < -0.3 is 0 Å². The third-order valence-electron chi connectivity index (χ3n) is 15.5. The van der Waals surface area contributed by atoms with Crippen LogP contribution in [0.5, 0.6) is 0 Å². The minimum atomic E-state index is -0.0550. The zero-order valence-electron chi connectivity index (χ0n) is 39.9. The summed E-state index contributed by atoms with van der Waals surface area (Å²) in [6.45, 7) is 9.35. The van der Waals surface area contributed by atoms with Gasteiger partial charge in [0.25, 0.3) is 0 Å². The number of aliphatic imine (C=N–C) groups is 2. The second-order valence-corrected chi connectivity index (χ2v) is 19.5. The molecule has 334 valence electrons. The van der Waals surface area contributed by atoms with Gasteiger partial charge in [-0.25, -0.2) is 9.98 Å². The van der Waals surface area contributed by atoms with Crippen LogP contribution in [0.1, 0.15) is 164 Å². The zero-order chi connectivity index (χ0) is 45.1. The van der Waals surface area contributed by atoms with E-state index < -0.39 is 0 Å². The van der Waals surface area contributed by atoms with E-state index in [1.165, 1.54) is 143 Å². The van der Waals surface area contributed by atoms with E-state index in [-0.39, 0.29) is 10.8 Å². The third kappa shape index (κ3) is 7.64. The molecule has 0 saturated heterocycles. The topological polar surface area (TPSA) is 29.6 Å². The van der Waals surface area contributed by atoms with E-state index in [4.69, 9.17) is 9.98 Å². The highest BCUT2D eigenvalue weighted by molar-refractivity contribution is 6.21. The Labute approximate surface area is 394 Å². The van der Waals surface area contributed by atoms with Crippen LogP contribution >= 0.6 is 0 Å². The van der Waals surface area contributed by atoms with Crippen molar-refractivity contribution in [2.75, 3.05) is 0 Å². The summed E-state index contributed by atoms with van der Waals surface area (Å²) in [5.74, 6) is 0.685. The highest BCUT2D eigenvalue weighted by atomic mass is 15.2. The molecule has 2 aliphatic carbocycles.